The van der Waals surface area contributed by atoms with Crippen LogP contribution in [0.2, 0.25) is 0 Å². The Balaban J connectivity index is 2.31. The third-order valence-corrected chi connectivity index (χ3v) is 1.27. The molecule has 0 spiro atoms. The smallest absolute Gasteiger partial charge is 0.0208 e. The first-order valence-electron chi connectivity index (χ1n) is 2.46. The van der Waals surface area contributed by atoms with E-state index >= 15 is 0 Å². The zero-order valence-electron chi connectivity index (χ0n) is 4.20. The van der Waals surface area contributed by atoms with E-state index in [2.05, 4.69) is 13.5 Å². The minimum Gasteiger partial charge on any atom is -0.0999 e. The van der Waals surface area contributed by atoms with Gasteiger partial charge in [0.2, 0.25) is 0 Å². The van der Waals surface area contributed by atoms with Crippen LogP contribution in [0.15, 0.2) is 12.2 Å². The molecule has 0 heterocycles. The van der Waals surface area contributed by atoms with Gasteiger partial charge in [0.1, 0.15) is 0 Å². The lowest BCUT2D eigenvalue weighted by Crippen LogP contribution is -1.68. The summed E-state index contributed by atoms with van der Waals surface area (Å²) in [6.45, 7) is 5.93. The van der Waals surface area contributed by atoms with Gasteiger partial charge in [0.05, 0.1) is 0 Å². The van der Waals surface area contributed by atoms with Crippen molar-refractivity contribution in [2.75, 3.05) is 0 Å². The Hall–Kier alpha value is -0.260. The van der Waals surface area contributed by atoms with Crippen molar-refractivity contribution in [3.8, 4) is 0 Å². The van der Waals surface area contributed by atoms with Gasteiger partial charge in [-0.15, -0.1) is 0 Å². The first kappa shape index (κ1) is 3.91. The molecule has 0 bridgehead atoms. The van der Waals surface area contributed by atoms with Crippen molar-refractivity contribution >= 4 is 0 Å². The molecular formula is C6H10. The highest BCUT2D eigenvalue weighted by atomic mass is 14.3. The molecule has 0 N–H and O–H groups in total. The third kappa shape index (κ3) is 0.618. The molecule has 34 valence electrons. The second kappa shape index (κ2) is 1.11. The molecule has 0 saturated heterocycles. The summed E-state index contributed by atoms with van der Waals surface area (Å²) in [4.78, 5) is 0. The summed E-state index contributed by atoms with van der Waals surface area (Å²) in [6.07, 6.45) is 2.80. The minimum absolute atomic E-state index is 0.907. The van der Waals surface area contributed by atoms with Crippen LogP contribution in [0.1, 0.15) is 19.8 Å². The maximum Gasteiger partial charge on any atom is -0.0208 e. The fraction of sp³-hybridized carbons (Fsp3) is 0.667. The van der Waals surface area contributed by atoms with E-state index in [1.165, 1.54) is 18.4 Å². The van der Waals surface area contributed by atoms with E-state index in [9.17, 15) is 0 Å². The van der Waals surface area contributed by atoms with Crippen LogP contribution in [-0.4, -0.2) is 0 Å². The van der Waals surface area contributed by atoms with Crippen molar-refractivity contribution in [2.45, 2.75) is 19.8 Å². The van der Waals surface area contributed by atoms with Crippen molar-refractivity contribution in [1.29, 1.82) is 0 Å². The van der Waals surface area contributed by atoms with Crippen LogP contribution in [0.4, 0.5) is 0 Å². The zero-order chi connectivity index (χ0) is 4.57. The number of allylic oxidation sites excluding steroid dienone is 1. The van der Waals surface area contributed by atoms with E-state index in [1.54, 1.807) is 0 Å². The fourth-order valence-corrected chi connectivity index (χ4v) is 0.576. The van der Waals surface area contributed by atoms with Crippen molar-refractivity contribution in [3.05, 3.63) is 12.2 Å². The Bertz CT molecular complexity index is 68.1. The van der Waals surface area contributed by atoms with Crippen LogP contribution in [0, 0.1) is 5.92 Å². The SMILES string of the molecule is C=C(C)C1CC1. The normalized spacial score (nSPS) is 20.8. The van der Waals surface area contributed by atoms with Gasteiger partial charge in [-0.25, -0.2) is 0 Å². The molecule has 0 radical (unpaired) electrons. The van der Waals surface area contributed by atoms with Gasteiger partial charge in [-0.3, -0.25) is 0 Å². The van der Waals surface area contributed by atoms with E-state index in [4.69, 9.17) is 0 Å². The molecule has 0 heteroatoms. The molecule has 1 saturated carbocycles. The second-order valence-electron chi connectivity index (χ2n) is 2.12. The zero-order valence-corrected chi connectivity index (χ0v) is 4.20. The lowest BCUT2D eigenvalue weighted by molar-refractivity contribution is 1.02. The standard InChI is InChI=1S/C6H10/c1-5(2)6-3-4-6/h6H,1,3-4H2,2H3. The minimum atomic E-state index is 0.907. The third-order valence-electron chi connectivity index (χ3n) is 1.27. The van der Waals surface area contributed by atoms with Crippen LogP contribution < -0.4 is 0 Å². The quantitative estimate of drug-likeness (QED) is 0.424. The van der Waals surface area contributed by atoms with E-state index in [0.717, 1.165) is 5.92 Å². The van der Waals surface area contributed by atoms with Gasteiger partial charge in [-0.05, 0) is 25.7 Å². The van der Waals surface area contributed by atoms with Gasteiger partial charge in [-0.1, -0.05) is 12.2 Å². The lowest BCUT2D eigenvalue weighted by atomic mass is 10.2. The van der Waals surface area contributed by atoms with E-state index < -0.39 is 0 Å². The molecule has 1 rings (SSSR count). The molecular weight excluding hydrogens is 72.1 g/mol. The lowest BCUT2D eigenvalue weighted by Gasteiger charge is -1.83. The Labute approximate surface area is 38.9 Å². The number of rotatable bonds is 1. The first-order valence-corrected chi connectivity index (χ1v) is 2.46. The average molecular weight is 82.1 g/mol. The molecule has 6 heavy (non-hydrogen) atoms. The Morgan fingerprint density at radius 3 is 2.17 bits per heavy atom. The summed E-state index contributed by atoms with van der Waals surface area (Å²) in [5.41, 5.74) is 1.37. The highest BCUT2D eigenvalue weighted by molar-refractivity contribution is 5.03. The van der Waals surface area contributed by atoms with Gasteiger partial charge in [0, 0.05) is 0 Å². The van der Waals surface area contributed by atoms with Crippen LogP contribution in [0.3, 0.4) is 0 Å². The predicted octanol–water partition coefficient (Wildman–Crippen LogP) is 1.97. The molecule has 0 aliphatic heterocycles. The highest BCUT2D eigenvalue weighted by Gasteiger charge is 2.20. The van der Waals surface area contributed by atoms with Crippen LogP contribution >= 0.6 is 0 Å². The summed E-state index contributed by atoms with van der Waals surface area (Å²) < 4.78 is 0. The van der Waals surface area contributed by atoms with Crippen LogP contribution in [0.25, 0.3) is 0 Å². The second-order valence-corrected chi connectivity index (χ2v) is 2.12. The van der Waals surface area contributed by atoms with Crippen molar-refractivity contribution in [1.82, 2.24) is 0 Å². The van der Waals surface area contributed by atoms with E-state index in [-0.39, 0.29) is 0 Å². The average Bonchev–Trinajstić information content (AvgIpc) is 2.06. The van der Waals surface area contributed by atoms with E-state index in [1.807, 2.05) is 0 Å². The molecule has 0 aromatic rings. The Kier molecular flexibility index (Phi) is 0.722. The van der Waals surface area contributed by atoms with Crippen molar-refractivity contribution in [2.24, 2.45) is 5.92 Å². The van der Waals surface area contributed by atoms with Crippen LogP contribution in [0.5, 0.6) is 0 Å². The molecule has 0 amide bonds. The van der Waals surface area contributed by atoms with Gasteiger partial charge in [0.15, 0.2) is 0 Å². The fourth-order valence-electron chi connectivity index (χ4n) is 0.576. The maximum absolute atomic E-state index is 3.82. The van der Waals surface area contributed by atoms with E-state index in [0.29, 0.717) is 0 Å². The molecule has 1 fully saturated rings. The van der Waals surface area contributed by atoms with Gasteiger partial charge in [-0.2, -0.15) is 0 Å². The van der Waals surface area contributed by atoms with Crippen molar-refractivity contribution < 1.29 is 0 Å². The summed E-state index contributed by atoms with van der Waals surface area (Å²) in [5, 5.41) is 0. The summed E-state index contributed by atoms with van der Waals surface area (Å²) in [6, 6.07) is 0. The van der Waals surface area contributed by atoms with Crippen LogP contribution in [-0.2, 0) is 0 Å². The molecule has 0 nitrogen and oxygen atoms in total. The topological polar surface area (TPSA) is 0 Å². The monoisotopic (exact) mass is 82.1 g/mol. The first-order chi connectivity index (χ1) is 2.80. The van der Waals surface area contributed by atoms with Gasteiger partial charge >= 0.3 is 0 Å². The Morgan fingerprint density at radius 2 is 2.17 bits per heavy atom. The molecule has 1 aliphatic carbocycles. The maximum atomic E-state index is 3.82. The molecule has 1 aliphatic rings. The van der Waals surface area contributed by atoms with Gasteiger partial charge < -0.3 is 0 Å². The summed E-state index contributed by atoms with van der Waals surface area (Å²) in [5.74, 6) is 0.907. The molecule has 0 aromatic carbocycles. The summed E-state index contributed by atoms with van der Waals surface area (Å²) in [7, 11) is 0. The van der Waals surface area contributed by atoms with Crippen molar-refractivity contribution in [3.63, 3.8) is 0 Å². The number of hydrogen-bond acceptors (Lipinski definition) is 0. The largest absolute Gasteiger partial charge is 0.0999 e. The molecule has 0 unspecified atom stereocenters. The number of hydrogen-bond donors (Lipinski definition) is 0. The molecule has 0 atom stereocenters. The predicted molar refractivity (Wildman–Crippen MR) is 27.5 cm³/mol. The van der Waals surface area contributed by atoms with Gasteiger partial charge in [0.25, 0.3) is 0 Å². The summed E-state index contributed by atoms with van der Waals surface area (Å²) >= 11 is 0. The highest BCUT2D eigenvalue weighted by Crippen LogP contribution is 2.34. The molecule has 0 aromatic heterocycles. The Morgan fingerprint density at radius 1 is 1.67 bits per heavy atom.